The van der Waals surface area contributed by atoms with Crippen LogP contribution in [0.5, 0.6) is 0 Å². The predicted octanol–water partition coefficient (Wildman–Crippen LogP) is 3.72. The maximum atomic E-state index is 5.70. The minimum atomic E-state index is 0.472. The standard InChI is InChI=1S/C13H20BrNOS/c1-3-13-10(4-5-16-13)7-15-8-11-6-12(14)9(2)17-11/h6,10,13,15H,3-5,7-8H2,1-2H3. The first-order valence-electron chi connectivity index (χ1n) is 6.27. The van der Waals surface area contributed by atoms with Gasteiger partial charge < -0.3 is 10.1 Å². The molecule has 1 N–H and O–H groups in total. The molecular formula is C13H20BrNOS. The zero-order valence-corrected chi connectivity index (χ0v) is 12.9. The fraction of sp³-hybridized carbons (Fsp3) is 0.692. The molecule has 96 valence electrons. The van der Waals surface area contributed by atoms with E-state index in [1.807, 2.05) is 11.3 Å². The van der Waals surface area contributed by atoms with Gasteiger partial charge in [-0.2, -0.15) is 0 Å². The van der Waals surface area contributed by atoms with Crippen molar-refractivity contribution in [3.8, 4) is 0 Å². The molecule has 2 unspecified atom stereocenters. The maximum absolute atomic E-state index is 5.70. The highest BCUT2D eigenvalue weighted by molar-refractivity contribution is 9.10. The molecule has 1 saturated heterocycles. The first-order valence-corrected chi connectivity index (χ1v) is 7.88. The molecule has 1 aliphatic heterocycles. The van der Waals surface area contributed by atoms with E-state index in [-0.39, 0.29) is 0 Å². The molecule has 17 heavy (non-hydrogen) atoms. The third-order valence-electron chi connectivity index (χ3n) is 3.36. The Balaban J connectivity index is 1.75. The number of thiophene rings is 1. The van der Waals surface area contributed by atoms with Gasteiger partial charge in [0.15, 0.2) is 0 Å². The lowest BCUT2D eigenvalue weighted by molar-refractivity contribution is 0.0872. The molecule has 0 amide bonds. The van der Waals surface area contributed by atoms with Crippen molar-refractivity contribution >= 4 is 27.3 Å². The Labute approximate surface area is 116 Å². The summed E-state index contributed by atoms with van der Waals surface area (Å²) < 4.78 is 6.93. The van der Waals surface area contributed by atoms with E-state index in [2.05, 4.69) is 41.2 Å². The van der Waals surface area contributed by atoms with Crippen LogP contribution in [-0.2, 0) is 11.3 Å². The number of rotatable bonds is 5. The van der Waals surface area contributed by atoms with Crippen LogP contribution < -0.4 is 5.32 Å². The van der Waals surface area contributed by atoms with E-state index >= 15 is 0 Å². The van der Waals surface area contributed by atoms with Crippen molar-refractivity contribution in [2.75, 3.05) is 13.2 Å². The molecule has 2 atom stereocenters. The summed E-state index contributed by atoms with van der Waals surface area (Å²) in [5, 5.41) is 3.56. The van der Waals surface area contributed by atoms with Gasteiger partial charge in [0.25, 0.3) is 0 Å². The fourth-order valence-corrected chi connectivity index (χ4v) is 3.93. The average Bonchev–Trinajstić information content (AvgIpc) is 2.87. The Hall–Kier alpha value is 0.1000. The summed E-state index contributed by atoms with van der Waals surface area (Å²) >= 11 is 5.42. The van der Waals surface area contributed by atoms with Crippen LogP contribution in [0.15, 0.2) is 10.5 Å². The molecule has 1 aromatic heterocycles. The number of hydrogen-bond acceptors (Lipinski definition) is 3. The van der Waals surface area contributed by atoms with Crippen molar-refractivity contribution in [2.24, 2.45) is 5.92 Å². The summed E-state index contributed by atoms with van der Waals surface area (Å²) in [5.41, 5.74) is 0. The van der Waals surface area contributed by atoms with Crippen LogP contribution in [0.25, 0.3) is 0 Å². The van der Waals surface area contributed by atoms with Gasteiger partial charge in [0.1, 0.15) is 0 Å². The summed E-state index contributed by atoms with van der Waals surface area (Å²) in [6.07, 6.45) is 2.81. The third-order valence-corrected chi connectivity index (χ3v) is 5.50. The second-order valence-electron chi connectivity index (χ2n) is 4.61. The highest BCUT2D eigenvalue weighted by Gasteiger charge is 2.25. The van der Waals surface area contributed by atoms with Gasteiger partial charge in [0.2, 0.25) is 0 Å². The van der Waals surface area contributed by atoms with Crippen LogP contribution in [0.2, 0.25) is 0 Å². The van der Waals surface area contributed by atoms with E-state index in [1.54, 1.807) is 0 Å². The van der Waals surface area contributed by atoms with E-state index < -0.39 is 0 Å². The number of ether oxygens (including phenoxy) is 1. The minimum Gasteiger partial charge on any atom is -0.378 e. The van der Waals surface area contributed by atoms with Crippen molar-refractivity contribution in [3.63, 3.8) is 0 Å². The zero-order valence-electron chi connectivity index (χ0n) is 10.5. The molecule has 2 rings (SSSR count). The zero-order chi connectivity index (χ0) is 12.3. The molecule has 0 radical (unpaired) electrons. The Morgan fingerprint density at radius 1 is 1.59 bits per heavy atom. The van der Waals surface area contributed by atoms with Gasteiger partial charge in [-0.15, -0.1) is 11.3 Å². The van der Waals surface area contributed by atoms with Gasteiger partial charge >= 0.3 is 0 Å². The Bertz CT molecular complexity index is 347. The summed E-state index contributed by atoms with van der Waals surface area (Å²) in [7, 11) is 0. The van der Waals surface area contributed by atoms with Crippen molar-refractivity contribution in [1.82, 2.24) is 5.32 Å². The molecule has 1 aliphatic rings. The van der Waals surface area contributed by atoms with E-state index in [4.69, 9.17) is 4.74 Å². The fourth-order valence-electron chi connectivity index (χ4n) is 2.36. The molecule has 0 spiro atoms. The molecular weight excluding hydrogens is 298 g/mol. The lowest BCUT2D eigenvalue weighted by Gasteiger charge is -2.16. The number of halogens is 1. The number of aryl methyl sites for hydroxylation is 1. The van der Waals surface area contributed by atoms with Crippen molar-refractivity contribution in [3.05, 3.63) is 20.3 Å². The highest BCUT2D eigenvalue weighted by Crippen LogP contribution is 2.26. The normalized spacial score (nSPS) is 24.4. The van der Waals surface area contributed by atoms with Crippen molar-refractivity contribution in [2.45, 2.75) is 39.3 Å². The van der Waals surface area contributed by atoms with Crippen LogP contribution in [0.1, 0.15) is 29.5 Å². The quantitative estimate of drug-likeness (QED) is 0.893. The second-order valence-corrected chi connectivity index (χ2v) is 6.81. The van der Waals surface area contributed by atoms with E-state index in [1.165, 1.54) is 20.6 Å². The van der Waals surface area contributed by atoms with Crippen LogP contribution in [0.3, 0.4) is 0 Å². The maximum Gasteiger partial charge on any atom is 0.0613 e. The number of hydrogen-bond donors (Lipinski definition) is 1. The second kappa shape index (κ2) is 6.32. The van der Waals surface area contributed by atoms with E-state index in [9.17, 15) is 0 Å². The average molecular weight is 318 g/mol. The van der Waals surface area contributed by atoms with Crippen molar-refractivity contribution < 1.29 is 4.74 Å². The van der Waals surface area contributed by atoms with Crippen LogP contribution >= 0.6 is 27.3 Å². The van der Waals surface area contributed by atoms with Crippen LogP contribution in [0.4, 0.5) is 0 Å². The van der Waals surface area contributed by atoms with Gasteiger partial charge in [0, 0.05) is 33.9 Å². The monoisotopic (exact) mass is 317 g/mol. The smallest absolute Gasteiger partial charge is 0.0613 e. The molecule has 0 aliphatic carbocycles. The van der Waals surface area contributed by atoms with E-state index in [0.29, 0.717) is 12.0 Å². The van der Waals surface area contributed by atoms with Gasteiger partial charge in [0.05, 0.1) is 6.10 Å². The Morgan fingerprint density at radius 3 is 3.06 bits per heavy atom. The molecule has 1 aromatic rings. The SMILES string of the molecule is CCC1OCCC1CNCc1cc(Br)c(C)s1. The molecule has 0 bridgehead atoms. The predicted molar refractivity (Wildman–Crippen MR) is 76.6 cm³/mol. The molecule has 2 nitrogen and oxygen atoms in total. The van der Waals surface area contributed by atoms with Gasteiger partial charge in [-0.3, -0.25) is 0 Å². The third kappa shape index (κ3) is 3.53. The Morgan fingerprint density at radius 2 is 2.41 bits per heavy atom. The van der Waals surface area contributed by atoms with Gasteiger partial charge in [-0.25, -0.2) is 0 Å². The van der Waals surface area contributed by atoms with Crippen LogP contribution in [0, 0.1) is 12.8 Å². The lowest BCUT2D eigenvalue weighted by Crippen LogP contribution is -2.27. The highest BCUT2D eigenvalue weighted by atomic mass is 79.9. The lowest BCUT2D eigenvalue weighted by atomic mass is 10.00. The molecule has 4 heteroatoms. The Kier molecular flexibility index (Phi) is 5.03. The minimum absolute atomic E-state index is 0.472. The summed E-state index contributed by atoms with van der Waals surface area (Å²) in [5.74, 6) is 0.699. The molecule has 0 aromatic carbocycles. The van der Waals surface area contributed by atoms with E-state index in [0.717, 1.165) is 26.1 Å². The topological polar surface area (TPSA) is 21.3 Å². The summed E-state index contributed by atoms with van der Waals surface area (Å²) in [6.45, 7) is 7.35. The molecule has 2 heterocycles. The largest absolute Gasteiger partial charge is 0.378 e. The van der Waals surface area contributed by atoms with Crippen molar-refractivity contribution in [1.29, 1.82) is 0 Å². The summed E-state index contributed by atoms with van der Waals surface area (Å²) in [6, 6.07) is 2.22. The molecule has 0 saturated carbocycles. The summed E-state index contributed by atoms with van der Waals surface area (Å²) in [4.78, 5) is 2.76. The first-order chi connectivity index (χ1) is 8.20. The molecule has 1 fully saturated rings. The van der Waals surface area contributed by atoms with Gasteiger partial charge in [-0.1, -0.05) is 6.92 Å². The van der Waals surface area contributed by atoms with Crippen LogP contribution in [-0.4, -0.2) is 19.3 Å². The first kappa shape index (κ1) is 13.5. The number of nitrogens with one attached hydrogen (secondary N) is 1. The van der Waals surface area contributed by atoms with Gasteiger partial charge in [-0.05, 0) is 47.7 Å².